The van der Waals surface area contributed by atoms with Gasteiger partial charge < -0.3 is 16.4 Å². The van der Waals surface area contributed by atoms with Gasteiger partial charge in [-0.15, -0.1) is 0 Å². The molecule has 0 bridgehead atoms. The van der Waals surface area contributed by atoms with Gasteiger partial charge in [0.1, 0.15) is 0 Å². The lowest BCUT2D eigenvalue weighted by atomic mass is 9.84. The molecular weight excluding hydrogens is 214 g/mol. The summed E-state index contributed by atoms with van der Waals surface area (Å²) in [5.41, 5.74) is 11.7. The first-order valence-corrected chi connectivity index (χ1v) is 6.98. The third-order valence-corrected chi connectivity index (χ3v) is 4.25. The zero-order valence-corrected chi connectivity index (χ0v) is 10.6. The molecular formula is C13H25N3O. The molecule has 1 heterocycles. The molecule has 0 aromatic carbocycles. The van der Waals surface area contributed by atoms with E-state index in [-0.39, 0.29) is 18.0 Å². The zero-order chi connectivity index (χ0) is 12.3. The number of rotatable bonds is 2. The smallest absolute Gasteiger partial charge is 0.226 e. The quantitative estimate of drug-likeness (QED) is 0.750. The van der Waals surface area contributed by atoms with Crippen molar-refractivity contribution in [1.82, 2.24) is 4.90 Å². The highest BCUT2D eigenvalue weighted by molar-refractivity contribution is 5.79. The van der Waals surface area contributed by atoms with Crippen molar-refractivity contribution in [2.24, 2.45) is 17.4 Å². The molecule has 17 heavy (non-hydrogen) atoms. The number of carbonyl (C=O) groups excluding carboxylic acids is 1. The van der Waals surface area contributed by atoms with Gasteiger partial charge in [-0.3, -0.25) is 4.79 Å². The highest BCUT2D eigenvalue weighted by atomic mass is 16.2. The minimum Gasteiger partial charge on any atom is -0.338 e. The summed E-state index contributed by atoms with van der Waals surface area (Å²) in [5.74, 6) is 0.473. The Morgan fingerprint density at radius 2 is 2.00 bits per heavy atom. The fourth-order valence-electron chi connectivity index (χ4n) is 3.22. The number of likely N-dealkylation sites (tertiary alicyclic amines) is 1. The van der Waals surface area contributed by atoms with Crippen LogP contribution in [0, 0.1) is 5.92 Å². The minimum atomic E-state index is 0.158. The maximum absolute atomic E-state index is 12.5. The summed E-state index contributed by atoms with van der Waals surface area (Å²) < 4.78 is 0. The maximum Gasteiger partial charge on any atom is 0.226 e. The van der Waals surface area contributed by atoms with E-state index in [1.54, 1.807) is 0 Å². The second-order valence-corrected chi connectivity index (χ2v) is 5.54. The van der Waals surface area contributed by atoms with Crippen LogP contribution in [-0.2, 0) is 4.79 Å². The molecule has 0 aromatic heterocycles. The Bertz CT molecular complexity index is 269. The Morgan fingerprint density at radius 3 is 2.71 bits per heavy atom. The Morgan fingerprint density at radius 1 is 1.18 bits per heavy atom. The minimum absolute atomic E-state index is 0.158. The van der Waals surface area contributed by atoms with Crippen LogP contribution in [0.1, 0.15) is 44.9 Å². The fraction of sp³-hybridized carbons (Fsp3) is 0.923. The summed E-state index contributed by atoms with van der Waals surface area (Å²) in [6.07, 6.45) is 7.45. The van der Waals surface area contributed by atoms with Crippen molar-refractivity contribution in [2.75, 3.05) is 13.1 Å². The third-order valence-electron chi connectivity index (χ3n) is 4.25. The average molecular weight is 239 g/mol. The first-order valence-electron chi connectivity index (χ1n) is 6.98. The Labute approximate surface area is 104 Å². The van der Waals surface area contributed by atoms with Crippen LogP contribution >= 0.6 is 0 Å². The molecule has 4 heteroatoms. The summed E-state index contributed by atoms with van der Waals surface area (Å²) in [6, 6.07) is 0.494. The van der Waals surface area contributed by atoms with Crippen molar-refractivity contribution >= 4 is 5.91 Å². The van der Waals surface area contributed by atoms with Crippen LogP contribution in [0.2, 0.25) is 0 Å². The summed E-state index contributed by atoms with van der Waals surface area (Å²) in [4.78, 5) is 14.5. The second-order valence-electron chi connectivity index (χ2n) is 5.54. The van der Waals surface area contributed by atoms with Crippen molar-refractivity contribution in [3.05, 3.63) is 0 Å². The van der Waals surface area contributed by atoms with Gasteiger partial charge in [0.25, 0.3) is 0 Å². The normalized spacial score (nSPS) is 34.7. The van der Waals surface area contributed by atoms with Crippen LogP contribution in [0.25, 0.3) is 0 Å². The predicted octanol–water partition coefficient (Wildman–Crippen LogP) is 0.844. The number of hydrogen-bond acceptors (Lipinski definition) is 3. The van der Waals surface area contributed by atoms with E-state index in [1.165, 1.54) is 6.42 Å². The van der Waals surface area contributed by atoms with Crippen LogP contribution in [0.3, 0.4) is 0 Å². The molecule has 2 aliphatic rings. The number of carbonyl (C=O) groups is 1. The molecule has 2 rings (SSSR count). The van der Waals surface area contributed by atoms with E-state index >= 15 is 0 Å². The summed E-state index contributed by atoms with van der Waals surface area (Å²) in [6.45, 7) is 1.50. The van der Waals surface area contributed by atoms with Gasteiger partial charge >= 0.3 is 0 Å². The van der Waals surface area contributed by atoms with E-state index in [9.17, 15) is 4.79 Å². The van der Waals surface area contributed by atoms with Gasteiger partial charge in [-0.25, -0.2) is 0 Å². The first kappa shape index (κ1) is 12.8. The van der Waals surface area contributed by atoms with Crippen molar-refractivity contribution in [2.45, 2.75) is 57.0 Å². The number of nitrogens with zero attached hydrogens (tertiary/aromatic N) is 1. The van der Waals surface area contributed by atoms with E-state index in [0.717, 1.165) is 45.1 Å². The summed E-state index contributed by atoms with van der Waals surface area (Å²) >= 11 is 0. The average Bonchev–Trinajstić information content (AvgIpc) is 2.38. The largest absolute Gasteiger partial charge is 0.338 e. The van der Waals surface area contributed by atoms with E-state index in [1.807, 2.05) is 4.90 Å². The molecule has 1 saturated heterocycles. The Hall–Kier alpha value is -0.610. The molecule has 98 valence electrons. The standard InChI is InChI=1S/C13H25N3O/c14-9-12-6-1-2-7-16(12)13(17)10-4-3-5-11(15)8-10/h10-12H,1-9,14-15H2. The number of hydrogen-bond donors (Lipinski definition) is 2. The van der Waals surface area contributed by atoms with Crippen LogP contribution in [0.4, 0.5) is 0 Å². The molecule has 1 aliphatic carbocycles. The van der Waals surface area contributed by atoms with E-state index in [2.05, 4.69) is 0 Å². The summed E-state index contributed by atoms with van der Waals surface area (Å²) in [5, 5.41) is 0. The van der Waals surface area contributed by atoms with Crippen LogP contribution in [0.5, 0.6) is 0 Å². The molecule has 1 amide bonds. The topological polar surface area (TPSA) is 72.3 Å². The highest BCUT2D eigenvalue weighted by Gasteiger charge is 2.33. The lowest BCUT2D eigenvalue weighted by molar-refractivity contribution is -0.140. The lowest BCUT2D eigenvalue weighted by Gasteiger charge is -2.38. The SMILES string of the molecule is NCC1CCCCN1C(=O)C1CCCC(N)C1. The number of nitrogens with two attached hydrogens (primary N) is 2. The van der Waals surface area contributed by atoms with E-state index < -0.39 is 0 Å². The summed E-state index contributed by atoms with van der Waals surface area (Å²) in [7, 11) is 0. The van der Waals surface area contributed by atoms with Crippen molar-refractivity contribution < 1.29 is 4.79 Å². The van der Waals surface area contributed by atoms with E-state index in [0.29, 0.717) is 12.5 Å². The monoisotopic (exact) mass is 239 g/mol. The van der Waals surface area contributed by atoms with Gasteiger partial charge in [-0.1, -0.05) is 6.42 Å². The van der Waals surface area contributed by atoms with Gasteiger partial charge in [0, 0.05) is 31.1 Å². The fourth-order valence-corrected chi connectivity index (χ4v) is 3.22. The number of amides is 1. The molecule has 0 radical (unpaired) electrons. The van der Waals surface area contributed by atoms with Crippen LogP contribution in [-0.4, -0.2) is 36.0 Å². The molecule has 1 aliphatic heterocycles. The Kier molecular flexibility index (Phi) is 4.40. The van der Waals surface area contributed by atoms with Crippen molar-refractivity contribution in [1.29, 1.82) is 0 Å². The van der Waals surface area contributed by atoms with Crippen molar-refractivity contribution in [3.63, 3.8) is 0 Å². The highest BCUT2D eigenvalue weighted by Crippen LogP contribution is 2.27. The van der Waals surface area contributed by atoms with Gasteiger partial charge in [0.2, 0.25) is 5.91 Å². The van der Waals surface area contributed by atoms with E-state index in [4.69, 9.17) is 11.5 Å². The van der Waals surface area contributed by atoms with Gasteiger partial charge in [0.15, 0.2) is 0 Å². The van der Waals surface area contributed by atoms with Crippen molar-refractivity contribution in [3.8, 4) is 0 Å². The van der Waals surface area contributed by atoms with Crippen LogP contribution in [0.15, 0.2) is 0 Å². The van der Waals surface area contributed by atoms with Gasteiger partial charge in [-0.05, 0) is 38.5 Å². The second kappa shape index (κ2) is 5.83. The lowest BCUT2D eigenvalue weighted by Crippen LogP contribution is -2.50. The maximum atomic E-state index is 12.5. The molecule has 1 saturated carbocycles. The third kappa shape index (κ3) is 2.99. The molecule has 4 nitrogen and oxygen atoms in total. The van der Waals surface area contributed by atoms with Gasteiger partial charge in [-0.2, -0.15) is 0 Å². The molecule has 0 spiro atoms. The first-order chi connectivity index (χ1) is 8.22. The number of piperidine rings is 1. The zero-order valence-electron chi connectivity index (χ0n) is 10.6. The molecule has 4 N–H and O–H groups in total. The molecule has 3 unspecified atom stereocenters. The molecule has 2 fully saturated rings. The Balaban J connectivity index is 1.97. The molecule has 0 aromatic rings. The van der Waals surface area contributed by atoms with Crippen LogP contribution < -0.4 is 11.5 Å². The predicted molar refractivity (Wildman–Crippen MR) is 68.3 cm³/mol. The van der Waals surface area contributed by atoms with Gasteiger partial charge in [0.05, 0.1) is 0 Å². The molecule has 3 atom stereocenters.